The van der Waals surface area contributed by atoms with Gasteiger partial charge in [-0.3, -0.25) is 4.68 Å². The highest BCUT2D eigenvalue weighted by atomic mass is 15.3. The third kappa shape index (κ3) is 3.24. The van der Waals surface area contributed by atoms with Gasteiger partial charge >= 0.3 is 0 Å². The molecule has 1 aromatic carbocycles. The first-order valence-electron chi connectivity index (χ1n) is 7.07. The fourth-order valence-corrected chi connectivity index (χ4v) is 2.31. The summed E-state index contributed by atoms with van der Waals surface area (Å²) in [5.74, 6) is 0. The first-order valence-corrected chi connectivity index (χ1v) is 7.07. The van der Waals surface area contributed by atoms with E-state index in [1.165, 1.54) is 16.7 Å². The van der Waals surface area contributed by atoms with Crippen molar-refractivity contribution in [3.05, 3.63) is 53.3 Å². The molecule has 0 aliphatic carbocycles. The van der Waals surface area contributed by atoms with Crippen molar-refractivity contribution in [2.75, 3.05) is 6.54 Å². The average Bonchev–Trinajstić information content (AvgIpc) is 2.90. The minimum atomic E-state index is 0.237. The quantitative estimate of drug-likeness (QED) is 0.860. The summed E-state index contributed by atoms with van der Waals surface area (Å²) in [7, 11) is 0. The van der Waals surface area contributed by atoms with Crippen molar-refractivity contribution in [2.24, 2.45) is 0 Å². The second-order valence-corrected chi connectivity index (χ2v) is 4.87. The largest absolute Gasteiger partial charge is 0.306 e. The predicted molar refractivity (Wildman–Crippen MR) is 79.2 cm³/mol. The van der Waals surface area contributed by atoms with E-state index in [0.29, 0.717) is 0 Å². The fraction of sp³-hybridized carbons (Fsp3) is 0.438. The van der Waals surface area contributed by atoms with Gasteiger partial charge in [0.1, 0.15) is 0 Å². The molecule has 1 unspecified atom stereocenters. The summed E-state index contributed by atoms with van der Waals surface area (Å²) >= 11 is 0. The summed E-state index contributed by atoms with van der Waals surface area (Å²) in [6.07, 6.45) is 5.24. The molecule has 1 atom stereocenters. The number of hydrogen-bond acceptors (Lipinski definition) is 2. The van der Waals surface area contributed by atoms with E-state index in [-0.39, 0.29) is 6.04 Å². The van der Waals surface area contributed by atoms with Crippen LogP contribution in [0.5, 0.6) is 0 Å². The fourth-order valence-electron chi connectivity index (χ4n) is 2.31. The average molecular weight is 257 g/mol. The van der Waals surface area contributed by atoms with E-state index in [0.717, 1.165) is 19.5 Å². The maximum absolute atomic E-state index is 4.40. The molecule has 0 saturated carbocycles. The van der Waals surface area contributed by atoms with E-state index in [1.807, 2.05) is 10.9 Å². The lowest BCUT2D eigenvalue weighted by atomic mass is 9.97. The van der Waals surface area contributed by atoms with Crippen LogP contribution in [0.3, 0.4) is 0 Å². The Balaban J connectivity index is 2.32. The highest BCUT2D eigenvalue weighted by Crippen LogP contribution is 2.24. The molecule has 0 bridgehead atoms. The zero-order valence-corrected chi connectivity index (χ0v) is 12.1. The number of nitrogens with zero attached hydrogens (tertiary/aromatic N) is 2. The van der Waals surface area contributed by atoms with Crippen LogP contribution in [0.2, 0.25) is 0 Å². The van der Waals surface area contributed by atoms with E-state index in [1.54, 1.807) is 0 Å². The molecule has 3 nitrogen and oxygen atoms in total. The van der Waals surface area contributed by atoms with Gasteiger partial charge in [0.05, 0.1) is 12.2 Å². The molecule has 0 aliphatic heterocycles. The second-order valence-electron chi connectivity index (χ2n) is 4.87. The molecule has 0 amide bonds. The van der Waals surface area contributed by atoms with Gasteiger partial charge in [0.25, 0.3) is 0 Å². The van der Waals surface area contributed by atoms with Gasteiger partial charge in [0, 0.05) is 18.3 Å². The maximum atomic E-state index is 4.40. The van der Waals surface area contributed by atoms with Crippen molar-refractivity contribution in [3.63, 3.8) is 0 Å². The highest BCUT2D eigenvalue weighted by molar-refractivity contribution is 5.35. The Hall–Kier alpha value is -1.61. The lowest BCUT2D eigenvalue weighted by Crippen LogP contribution is -2.23. The van der Waals surface area contributed by atoms with Crippen LogP contribution in [0.15, 0.2) is 36.7 Å². The Kier molecular flexibility index (Phi) is 4.74. The van der Waals surface area contributed by atoms with Crippen molar-refractivity contribution in [1.82, 2.24) is 15.1 Å². The van der Waals surface area contributed by atoms with Crippen LogP contribution in [-0.4, -0.2) is 16.3 Å². The van der Waals surface area contributed by atoms with Crippen LogP contribution >= 0.6 is 0 Å². The SMILES string of the molecule is CCCNC(c1cnn(CC)c1)c1ccccc1C. The second kappa shape index (κ2) is 6.53. The molecular formula is C16H23N3. The highest BCUT2D eigenvalue weighted by Gasteiger charge is 2.16. The van der Waals surface area contributed by atoms with Gasteiger partial charge in [0.15, 0.2) is 0 Å². The first kappa shape index (κ1) is 13.8. The van der Waals surface area contributed by atoms with Gasteiger partial charge in [0.2, 0.25) is 0 Å². The molecule has 19 heavy (non-hydrogen) atoms. The molecule has 2 rings (SSSR count). The third-order valence-corrected chi connectivity index (χ3v) is 3.41. The molecular weight excluding hydrogens is 234 g/mol. The normalized spacial score (nSPS) is 12.6. The molecule has 2 aromatic rings. The Morgan fingerprint density at radius 2 is 2.05 bits per heavy atom. The smallest absolute Gasteiger partial charge is 0.0610 e. The van der Waals surface area contributed by atoms with Crippen LogP contribution in [0.25, 0.3) is 0 Å². The molecule has 0 aliphatic rings. The van der Waals surface area contributed by atoms with Crippen molar-refractivity contribution in [1.29, 1.82) is 0 Å². The Bertz CT molecular complexity index is 516. The molecule has 1 aromatic heterocycles. The maximum Gasteiger partial charge on any atom is 0.0610 e. The zero-order valence-electron chi connectivity index (χ0n) is 12.1. The molecule has 102 valence electrons. The van der Waals surface area contributed by atoms with E-state index in [2.05, 4.69) is 61.6 Å². The number of hydrogen-bond donors (Lipinski definition) is 1. The number of benzene rings is 1. The van der Waals surface area contributed by atoms with E-state index in [4.69, 9.17) is 0 Å². The Morgan fingerprint density at radius 3 is 2.68 bits per heavy atom. The summed E-state index contributed by atoms with van der Waals surface area (Å²) in [4.78, 5) is 0. The van der Waals surface area contributed by atoms with Crippen molar-refractivity contribution >= 4 is 0 Å². The number of rotatable bonds is 6. The van der Waals surface area contributed by atoms with Gasteiger partial charge in [-0.15, -0.1) is 0 Å². The van der Waals surface area contributed by atoms with Crippen molar-refractivity contribution in [2.45, 2.75) is 39.8 Å². The molecule has 0 radical (unpaired) electrons. The van der Waals surface area contributed by atoms with E-state index >= 15 is 0 Å². The van der Waals surface area contributed by atoms with Gasteiger partial charge in [-0.2, -0.15) is 5.10 Å². The van der Waals surface area contributed by atoms with Crippen LogP contribution in [0.1, 0.15) is 43.0 Å². The molecule has 3 heteroatoms. The van der Waals surface area contributed by atoms with Crippen molar-refractivity contribution < 1.29 is 0 Å². The monoisotopic (exact) mass is 257 g/mol. The lowest BCUT2D eigenvalue weighted by molar-refractivity contribution is 0.594. The summed E-state index contributed by atoms with van der Waals surface area (Å²) in [5.41, 5.74) is 3.90. The number of aromatic nitrogens is 2. The topological polar surface area (TPSA) is 29.9 Å². The molecule has 0 spiro atoms. The lowest BCUT2D eigenvalue weighted by Gasteiger charge is -2.19. The minimum Gasteiger partial charge on any atom is -0.306 e. The molecule has 0 fully saturated rings. The summed E-state index contributed by atoms with van der Waals surface area (Å²) in [6, 6.07) is 8.80. The summed E-state index contributed by atoms with van der Waals surface area (Å²) in [6.45, 7) is 8.39. The van der Waals surface area contributed by atoms with Gasteiger partial charge in [-0.05, 0) is 37.9 Å². The summed E-state index contributed by atoms with van der Waals surface area (Å²) < 4.78 is 1.98. The molecule has 1 N–H and O–H groups in total. The molecule has 0 saturated heterocycles. The Labute approximate surface area is 115 Å². The van der Waals surface area contributed by atoms with Gasteiger partial charge < -0.3 is 5.32 Å². The van der Waals surface area contributed by atoms with Gasteiger partial charge in [-0.1, -0.05) is 31.2 Å². The van der Waals surface area contributed by atoms with Crippen LogP contribution in [0.4, 0.5) is 0 Å². The number of nitrogens with one attached hydrogen (secondary N) is 1. The Morgan fingerprint density at radius 1 is 1.26 bits per heavy atom. The van der Waals surface area contributed by atoms with Crippen LogP contribution < -0.4 is 5.32 Å². The number of aryl methyl sites for hydroxylation is 2. The van der Waals surface area contributed by atoms with E-state index in [9.17, 15) is 0 Å². The zero-order chi connectivity index (χ0) is 13.7. The van der Waals surface area contributed by atoms with Crippen molar-refractivity contribution in [3.8, 4) is 0 Å². The van der Waals surface area contributed by atoms with Crippen LogP contribution in [-0.2, 0) is 6.54 Å². The predicted octanol–water partition coefficient (Wildman–Crippen LogP) is 3.30. The van der Waals surface area contributed by atoms with Crippen LogP contribution in [0, 0.1) is 6.92 Å². The van der Waals surface area contributed by atoms with E-state index < -0.39 is 0 Å². The van der Waals surface area contributed by atoms with Gasteiger partial charge in [-0.25, -0.2) is 0 Å². The standard InChI is InChI=1S/C16H23N3/c1-4-10-17-16(14-11-18-19(5-2)12-14)15-9-7-6-8-13(15)3/h6-9,11-12,16-17H,4-5,10H2,1-3H3. The summed E-state index contributed by atoms with van der Waals surface area (Å²) in [5, 5.41) is 8.02. The third-order valence-electron chi connectivity index (χ3n) is 3.41. The molecule has 1 heterocycles. The first-order chi connectivity index (χ1) is 9.26. The minimum absolute atomic E-state index is 0.237.